The first-order valence-electron chi connectivity index (χ1n) is 9.36. The molecule has 0 N–H and O–H groups in total. The second-order valence-corrected chi connectivity index (χ2v) is 11.5. The molecule has 1 unspecified atom stereocenters. The Kier molecular flexibility index (Phi) is 7.18. The molecule has 0 spiro atoms. The Bertz CT molecular complexity index is 1130. The van der Waals surface area contributed by atoms with Gasteiger partial charge in [-0.15, -0.1) is 11.3 Å². The summed E-state index contributed by atoms with van der Waals surface area (Å²) < 4.78 is 34.5. The molecule has 1 saturated heterocycles. The molecule has 1 aliphatic heterocycles. The van der Waals surface area contributed by atoms with Crippen molar-refractivity contribution in [1.29, 1.82) is 0 Å². The van der Waals surface area contributed by atoms with Gasteiger partial charge in [0.1, 0.15) is 15.1 Å². The summed E-state index contributed by atoms with van der Waals surface area (Å²) in [7, 11) is -2.15. The summed E-state index contributed by atoms with van der Waals surface area (Å²) in [6.07, 6.45) is 1.79. The first-order valence-corrected chi connectivity index (χ1v) is 12.8. The van der Waals surface area contributed by atoms with Crippen molar-refractivity contribution in [1.82, 2.24) is 8.87 Å². The number of thiazole rings is 1. The highest BCUT2D eigenvalue weighted by molar-refractivity contribution is 7.91. The van der Waals surface area contributed by atoms with Crippen LogP contribution in [0.25, 0.3) is 0 Å². The Morgan fingerprint density at radius 3 is 2.67 bits per heavy atom. The standard InChI is InChI=1S/C18H22ClN3O5S3/c1-4-27-17(24)15-11(2)21(3)18(29-15)20-16(23)12-7-5-6-10-22(12)30(25,26)14-9-8-13(19)28-14/h8-9,12H,4-7,10H2,1-3H3. The largest absolute Gasteiger partial charge is 0.462 e. The predicted octanol–water partition coefficient (Wildman–Crippen LogP) is 2.96. The smallest absolute Gasteiger partial charge is 0.350 e. The fourth-order valence-corrected chi connectivity index (χ4v) is 7.46. The highest BCUT2D eigenvalue weighted by Gasteiger charge is 2.38. The molecule has 0 aliphatic carbocycles. The van der Waals surface area contributed by atoms with Crippen LogP contribution in [0.4, 0.5) is 0 Å². The number of amides is 1. The van der Waals surface area contributed by atoms with Crippen molar-refractivity contribution in [2.75, 3.05) is 13.2 Å². The lowest BCUT2D eigenvalue weighted by Gasteiger charge is -2.31. The maximum atomic E-state index is 13.1. The number of piperidine rings is 1. The van der Waals surface area contributed by atoms with Crippen molar-refractivity contribution in [3.8, 4) is 0 Å². The number of hydrogen-bond donors (Lipinski definition) is 0. The van der Waals surface area contributed by atoms with Crippen LogP contribution >= 0.6 is 34.3 Å². The molecular weight excluding hydrogens is 470 g/mol. The second-order valence-electron chi connectivity index (χ2n) is 6.71. The minimum Gasteiger partial charge on any atom is -0.462 e. The summed E-state index contributed by atoms with van der Waals surface area (Å²) in [5.41, 5.74) is 0.631. The van der Waals surface area contributed by atoms with Gasteiger partial charge in [0.25, 0.3) is 15.9 Å². The Labute approximate surface area is 187 Å². The van der Waals surface area contributed by atoms with E-state index >= 15 is 0 Å². The molecule has 0 bridgehead atoms. The minimum atomic E-state index is -3.85. The number of thiophene rings is 1. The number of aromatic nitrogens is 1. The van der Waals surface area contributed by atoms with Crippen LogP contribution in [0, 0.1) is 6.92 Å². The number of halogens is 1. The summed E-state index contributed by atoms with van der Waals surface area (Å²) in [5.74, 6) is -1.02. The third-order valence-electron chi connectivity index (χ3n) is 4.83. The predicted molar refractivity (Wildman–Crippen MR) is 115 cm³/mol. The van der Waals surface area contributed by atoms with E-state index in [0.717, 1.165) is 29.1 Å². The quantitative estimate of drug-likeness (QED) is 0.599. The molecule has 1 fully saturated rings. The number of esters is 1. The van der Waals surface area contributed by atoms with Crippen LogP contribution in [-0.2, 0) is 26.6 Å². The van der Waals surface area contributed by atoms with E-state index in [1.54, 1.807) is 25.5 Å². The maximum absolute atomic E-state index is 13.1. The normalized spacial score (nSPS) is 18.5. The fraction of sp³-hybridized carbons (Fsp3) is 0.500. The Morgan fingerprint density at radius 2 is 2.03 bits per heavy atom. The molecule has 1 atom stereocenters. The van der Waals surface area contributed by atoms with Crippen molar-refractivity contribution >= 4 is 56.2 Å². The van der Waals surface area contributed by atoms with E-state index in [4.69, 9.17) is 16.3 Å². The SMILES string of the molecule is CCOC(=O)c1sc(=NC(=O)C2CCCCN2S(=O)(=O)c2ccc(Cl)s2)n(C)c1C. The number of ether oxygens (including phenoxy) is 1. The lowest BCUT2D eigenvalue weighted by molar-refractivity contribution is -0.122. The Morgan fingerprint density at radius 1 is 1.30 bits per heavy atom. The molecule has 3 rings (SSSR count). The topological polar surface area (TPSA) is 98.0 Å². The van der Waals surface area contributed by atoms with Crippen LogP contribution in [-0.4, -0.2) is 48.4 Å². The molecule has 3 heterocycles. The summed E-state index contributed by atoms with van der Waals surface area (Å²) in [6, 6.07) is 2.08. The third-order valence-corrected chi connectivity index (χ3v) is 9.65. The zero-order chi connectivity index (χ0) is 22.1. The zero-order valence-corrected chi connectivity index (χ0v) is 20.0. The second kappa shape index (κ2) is 9.31. The Balaban J connectivity index is 1.95. The van der Waals surface area contributed by atoms with Crippen molar-refractivity contribution in [2.24, 2.45) is 12.0 Å². The van der Waals surface area contributed by atoms with E-state index in [1.807, 2.05) is 0 Å². The van der Waals surface area contributed by atoms with Crippen molar-refractivity contribution in [2.45, 2.75) is 43.4 Å². The van der Waals surface area contributed by atoms with Gasteiger partial charge in [0.15, 0.2) is 4.80 Å². The van der Waals surface area contributed by atoms with Crippen molar-refractivity contribution in [3.63, 3.8) is 0 Å². The van der Waals surface area contributed by atoms with E-state index in [9.17, 15) is 18.0 Å². The molecule has 0 saturated carbocycles. The van der Waals surface area contributed by atoms with E-state index in [-0.39, 0.29) is 17.4 Å². The molecule has 30 heavy (non-hydrogen) atoms. The van der Waals surface area contributed by atoms with Gasteiger partial charge < -0.3 is 9.30 Å². The van der Waals surface area contributed by atoms with Crippen molar-refractivity contribution in [3.05, 3.63) is 31.8 Å². The lowest BCUT2D eigenvalue weighted by Crippen LogP contribution is -2.47. The van der Waals surface area contributed by atoms with Crippen LogP contribution in [0.15, 0.2) is 21.3 Å². The number of carbonyl (C=O) groups is 2. The van der Waals surface area contributed by atoms with E-state index in [2.05, 4.69) is 4.99 Å². The highest BCUT2D eigenvalue weighted by atomic mass is 35.5. The average molecular weight is 492 g/mol. The van der Waals surface area contributed by atoms with Crippen LogP contribution < -0.4 is 4.80 Å². The van der Waals surface area contributed by atoms with Gasteiger partial charge in [-0.1, -0.05) is 29.4 Å². The van der Waals surface area contributed by atoms with Gasteiger partial charge in [-0.2, -0.15) is 9.30 Å². The number of sulfonamides is 1. The molecule has 2 aromatic rings. The van der Waals surface area contributed by atoms with E-state index in [0.29, 0.717) is 32.6 Å². The average Bonchev–Trinajstić information content (AvgIpc) is 3.27. The lowest BCUT2D eigenvalue weighted by atomic mass is 10.0. The van der Waals surface area contributed by atoms with Gasteiger partial charge in [0, 0.05) is 19.3 Å². The van der Waals surface area contributed by atoms with Crippen LogP contribution in [0.3, 0.4) is 0 Å². The molecule has 12 heteroatoms. The van der Waals surface area contributed by atoms with E-state index < -0.39 is 27.9 Å². The fourth-order valence-electron chi connectivity index (χ4n) is 3.17. The minimum absolute atomic E-state index is 0.106. The van der Waals surface area contributed by atoms with Gasteiger partial charge in [0.05, 0.1) is 10.9 Å². The number of carbonyl (C=O) groups excluding carboxylic acids is 2. The molecule has 1 amide bonds. The zero-order valence-electron chi connectivity index (χ0n) is 16.8. The summed E-state index contributed by atoms with van der Waals surface area (Å²) >= 11 is 7.92. The number of rotatable bonds is 5. The molecule has 164 valence electrons. The maximum Gasteiger partial charge on any atom is 0.350 e. The first-order chi connectivity index (χ1) is 14.2. The van der Waals surface area contributed by atoms with Gasteiger partial charge in [-0.05, 0) is 38.8 Å². The van der Waals surface area contributed by atoms with Gasteiger partial charge in [0.2, 0.25) is 0 Å². The van der Waals surface area contributed by atoms with E-state index in [1.165, 1.54) is 16.4 Å². The molecule has 8 nitrogen and oxygen atoms in total. The molecular formula is C18H22ClN3O5S3. The van der Waals surface area contributed by atoms with Gasteiger partial charge in [-0.25, -0.2) is 13.2 Å². The van der Waals surface area contributed by atoms with Crippen LogP contribution in [0.2, 0.25) is 4.34 Å². The van der Waals surface area contributed by atoms with Gasteiger partial charge in [-0.3, -0.25) is 4.79 Å². The van der Waals surface area contributed by atoms with Crippen molar-refractivity contribution < 1.29 is 22.7 Å². The summed E-state index contributed by atoms with van der Waals surface area (Å²) in [5, 5.41) is 0. The summed E-state index contributed by atoms with van der Waals surface area (Å²) in [6.45, 7) is 3.94. The summed E-state index contributed by atoms with van der Waals surface area (Å²) in [4.78, 5) is 30.0. The number of nitrogens with zero attached hydrogens (tertiary/aromatic N) is 3. The molecule has 2 aromatic heterocycles. The highest BCUT2D eigenvalue weighted by Crippen LogP contribution is 2.32. The number of hydrogen-bond acceptors (Lipinski definition) is 7. The monoisotopic (exact) mass is 491 g/mol. The molecule has 1 aliphatic rings. The Hall–Kier alpha value is -1.53. The van der Waals surface area contributed by atoms with Crippen LogP contribution in [0.1, 0.15) is 41.6 Å². The third kappa shape index (κ3) is 4.54. The first kappa shape index (κ1) is 23.1. The molecule has 0 radical (unpaired) electrons. The van der Waals surface area contributed by atoms with Gasteiger partial charge >= 0.3 is 5.97 Å². The van der Waals surface area contributed by atoms with Crippen LogP contribution in [0.5, 0.6) is 0 Å². The molecule has 0 aromatic carbocycles.